The number of ether oxygens (including phenoxy) is 1. The number of rotatable bonds is 10. The first-order chi connectivity index (χ1) is 15.0. The van der Waals surface area contributed by atoms with E-state index in [1.165, 1.54) is 43.3 Å². The summed E-state index contributed by atoms with van der Waals surface area (Å²) in [7, 11) is -3.65. The van der Waals surface area contributed by atoms with Gasteiger partial charge in [0, 0.05) is 23.7 Å². The normalized spacial score (nSPS) is 12.3. The summed E-state index contributed by atoms with van der Waals surface area (Å²) >= 11 is 0. The molecule has 0 aliphatic heterocycles. The molecular formula is C22H25FN2O6S. The fourth-order valence-electron chi connectivity index (χ4n) is 2.64. The van der Waals surface area contributed by atoms with Crippen LogP contribution in [0.25, 0.3) is 0 Å². The number of anilines is 1. The number of sulfonamides is 1. The molecule has 0 aromatic heterocycles. The summed E-state index contributed by atoms with van der Waals surface area (Å²) in [5.41, 5.74) is 0.604. The van der Waals surface area contributed by atoms with Gasteiger partial charge in [-0.25, -0.2) is 17.5 Å². The monoisotopic (exact) mass is 464 g/mol. The summed E-state index contributed by atoms with van der Waals surface area (Å²) in [5.74, 6) is -2.16. The molecule has 0 heterocycles. The van der Waals surface area contributed by atoms with Crippen LogP contribution in [0.2, 0.25) is 0 Å². The van der Waals surface area contributed by atoms with Gasteiger partial charge in [-0.2, -0.15) is 0 Å². The first kappa shape index (κ1) is 25.2. The lowest BCUT2D eigenvalue weighted by atomic mass is 10.1. The molecule has 0 saturated heterocycles. The second kappa shape index (κ2) is 11.0. The molecule has 8 nitrogen and oxygen atoms in total. The molecule has 0 radical (unpaired) electrons. The first-order valence-electron chi connectivity index (χ1n) is 9.89. The molecule has 0 bridgehead atoms. The molecule has 10 heteroatoms. The van der Waals surface area contributed by atoms with Crippen LogP contribution < -0.4 is 10.0 Å². The summed E-state index contributed by atoms with van der Waals surface area (Å²) in [6.07, 6.45) is -1.50. The van der Waals surface area contributed by atoms with Crippen LogP contribution in [-0.4, -0.2) is 38.2 Å². The van der Waals surface area contributed by atoms with Crippen LogP contribution in [0.5, 0.6) is 0 Å². The molecular weight excluding hydrogens is 439 g/mol. The minimum atomic E-state index is -3.65. The fourth-order valence-corrected chi connectivity index (χ4v) is 3.90. The molecule has 1 atom stereocenters. The number of ketones is 1. The molecule has 0 aliphatic rings. The molecule has 2 aromatic rings. The Hall–Kier alpha value is -3.11. The summed E-state index contributed by atoms with van der Waals surface area (Å²) in [6, 6.07) is 10.2. The SMILES string of the molecule is CC(C)NS(=O)(=O)c1ccc(NC(=O)C(C)OC(=O)CCC(=O)c2ccc(F)cc2)cc1. The number of nitrogens with one attached hydrogen (secondary N) is 2. The zero-order chi connectivity index (χ0) is 23.9. The highest BCUT2D eigenvalue weighted by Gasteiger charge is 2.20. The predicted molar refractivity (Wildman–Crippen MR) is 116 cm³/mol. The van der Waals surface area contributed by atoms with Crippen LogP contribution in [0, 0.1) is 5.82 Å². The summed E-state index contributed by atoms with van der Waals surface area (Å²) in [6.45, 7) is 4.78. The van der Waals surface area contributed by atoms with Gasteiger partial charge >= 0.3 is 5.97 Å². The van der Waals surface area contributed by atoms with Crippen molar-refractivity contribution in [2.75, 3.05) is 5.32 Å². The predicted octanol–water partition coefficient (Wildman–Crippen LogP) is 3.05. The second-order valence-corrected chi connectivity index (χ2v) is 9.07. The fraction of sp³-hybridized carbons (Fsp3) is 0.318. The van der Waals surface area contributed by atoms with Crippen LogP contribution in [0.1, 0.15) is 44.0 Å². The number of halogens is 1. The van der Waals surface area contributed by atoms with Crippen LogP contribution in [0.3, 0.4) is 0 Å². The van der Waals surface area contributed by atoms with Crippen molar-refractivity contribution in [2.45, 2.75) is 50.7 Å². The second-order valence-electron chi connectivity index (χ2n) is 7.35. The third kappa shape index (κ3) is 7.54. The Morgan fingerprint density at radius 2 is 1.53 bits per heavy atom. The van der Waals surface area contributed by atoms with Gasteiger partial charge in [0.05, 0.1) is 11.3 Å². The molecule has 0 aliphatic carbocycles. The third-order valence-electron chi connectivity index (χ3n) is 4.22. The minimum Gasteiger partial charge on any atom is -0.453 e. The molecule has 2 aromatic carbocycles. The van der Waals surface area contributed by atoms with E-state index < -0.39 is 33.8 Å². The molecule has 1 unspecified atom stereocenters. The Morgan fingerprint density at radius 3 is 2.09 bits per heavy atom. The van der Waals surface area contributed by atoms with E-state index in [1.54, 1.807) is 13.8 Å². The van der Waals surface area contributed by atoms with Gasteiger partial charge in [-0.3, -0.25) is 14.4 Å². The molecule has 2 N–H and O–H groups in total. The van der Waals surface area contributed by atoms with Gasteiger partial charge in [0.15, 0.2) is 11.9 Å². The average Bonchev–Trinajstić information content (AvgIpc) is 2.72. The maximum absolute atomic E-state index is 12.9. The third-order valence-corrected chi connectivity index (χ3v) is 5.90. The van der Waals surface area contributed by atoms with Gasteiger partial charge in [-0.05, 0) is 69.3 Å². The Morgan fingerprint density at radius 1 is 0.938 bits per heavy atom. The Bertz CT molecular complexity index is 1070. The molecule has 0 spiro atoms. The van der Waals surface area contributed by atoms with E-state index in [4.69, 9.17) is 4.74 Å². The van der Waals surface area contributed by atoms with Crippen molar-refractivity contribution in [3.8, 4) is 0 Å². The van der Waals surface area contributed by atoms with E-state index in [1.807, 2.05) is 0 Å². The Balaban J connectivity index is 1.85. The maximum Gasteiger partial charge on any atom is 0.307 e. The largest absolute Gasteiger partial charge is 0.453 e. The van der Waals surface area contributed by atoms with Crippen molar-refractivity contribution in [1.82, 2.24) is 4.72 Å². The van der Waals surface area contributed by atoms with Crippen molar-refractivity contribution < 1.29 is 31.9 Å². The highest BCUT2D eigenvalue weighted by molar-refractivity contribution is 7.89. The van der Waals surface area contributed by atoms with E-state index in [0.29, 0.717) is 5.69 Å². The number of hydrogen-bond acceptors (Lipinski definition) is 6. The van der Waals surface area contributed by atoms with Gasteiger partial charge in [0.1, 0.15) is 5.82 Å². The van der Waals surface area contributed by atoms with Crippen molar-refractivity contribution >= 4 is 33.4 Å². The topological polar surface area (TPSA) is 119 Å². The molecule has 1 amide bonds. The summed E-state index contributed by atoms with van der Waals surface area (Å²) < 4.78 is 44.6. The lowest BCUT2D eigenvalue weighted by Gasteiger charge is -2.14. The van der Waals surface area contributed by atoms with Crippen molar-refractivity contribution in [1.29, 1.82) is 0 Å². The highest BCUT2D eigenvalue weighted by atomic mass is 32.2. The molecule has 0 saturated carbocycles. The summed E-state index contributed by atoms with van der Waals surface area (Å²) in [4.78, 5) is 36.3. The summed E-state index contributed by atoms with van der Waals surface area (Å²) in [5, 5.41) is 2.53. The molecule has 32 heavy (non-hydrogen) atoms. The number of amides is 1. The minimum absolute atomic E-state index is 0.0505. The van der Waals surface area contributed by atoms with E-state index in [0.717, 1.165) is 12.1 Å². The van der Waals surface area contributed by atoms with E-state index in [-0.39, 0.29) is 35.1 Å². The van der Waals surface area contributed by atoms with E-state index >= 15 is 0 Å². The Kier molecular flexibility index (Phi) is 8.62. The van der Waals surface area contributed by atoms with Gasteiger partial charge < -0.3 is 10.1 Å². The smallest absolute Gasteiger partial charge is 0.307 e. The Labute approximate surface area is 186 Å². The molecule has 172 valence electrons. The van der Waals surface area contributed by atoms with Crippen molar-refractivity contribution in [3.05, 3.63) is 59.9 Å². The molecule has 2 rings (SSSR count). The number of benzene rings is 2. The van der Waals surface area contributed by atoms with Gasteiger partial charge in [0.25, 0.3) is 5.91 Å². The first-order valence-corrected chi connectivity index (χ1v) is 11.4. The van der Waals surface area contributed by atoms with Gasteiger partial charge in [-0.1, -0.05) is 0 Å². The van der Waals surface area contributed by atoms with Gasteiger partial charge in [-0.15, -0.1) is 0 Å². The number of Topliss-reactive ketones (excluding diaryl/α,β-unsaturated/α-hetero) is 1. The maximum atomic E-state index is 12.9. The van der Waals surface area contributed by atoms with Crippen molar-refractivity contribution in [3.63, 3.8) is 0 Å². The van der Waals surface area contributed by atoms with E-state index in [9.17, 15) is 27.2 Å². The quantitative estimate of drug-likeness (QED) is 0.412. The van der Waals surface area contributed by atoms with Crippen LogP contribution in [0.4, 0.5) is 10.1 Å². The number of hydrogen-bond donors (Lipinski definition) is 2. The van der Waals surface area contributed by atoms with E-state index in [2.05, 4.69) is 10.0 Å². The van der Waals surface area contributed by atoms with Crippen LogP contribution in [-0.2, 0) is 24.3 Å². The van der Waals surface area contributed by atoms with Crippen LogP contribution in [0.15, 0.2) is 53.4 Å². The number of esters is 1. The number of carbonyl (C=O) groups is 3. The standard InChI is InChI=1S/C22H25FN2O6S/c1-14(2)25-32(29,30)19-10-8-18(9-11-19)24-22(28)15(3)31-21(27)13-12-20(26)16-4-6-17(23)7-5-16/h4-11,14-15,25H,12-13H2,1-3H3,(H,24,28). The zero-order valence-corrected chi connectivity index (χ0v) is 18.7. The zero-order valence-electron chi connectivity index (χ0n) is 17.9. The molecule has 0 fully saturated rings. The lowest BCUT2D eigenvalue weighted by molar-refractivity contribution is -0.153. The number of carbonyl (C=O) groups excluding carboxylic acids is 3. The lowest BCUT2D eigenvalue weighted by Crippen LogP contribution is -2.30. The highest BCUT2D eigenvalue weighted by Crippen LogP contribution is 2.15. The van der Waals surface area contributed by atoms with Crippen LogP contribution >= 0.6 is 0 Å². The van der Waals surface area contributed by atoms with Crippen molar-refractivity contribution in [2.24, 2.45) is 0 Å². The van der Waals surface area contributed by atoms with Gasteiger partial charge in [0.2, 0.25) is 10.0 Å². The average molecular weight is 465 g/mol.